The van der Waals surface area contributed by atoms with Crippen molar-refractivity contribution >= 4 is 21.7 Å². The van der Waals surface area contributed by atoms with Crippen LogP contribution >= 0.6 is 15.9 Å². The molecule has 2 rings (SSSR count). The Kier molecular flexibility index (Phi) is 2.49. The van der Waals surface area contributed by atoms with Gasteiger partial charge in [0, 0.05) is 5.56 Å². The third-order valence-corrected chi connectivity index (χ3v) is 2.91. The topological polar surface area (TPSA) is 17.1 Å². The molecule has 0 spiro atoms. The lowest BCUT2D eigenvalue weighted by atomic mass is 10.0. The van der Waals surface area contributed by atoms with E-state index in [9.17, 15) is 4.79 Å². The number of alkyl halides is 1. The molecule has 0 N–H and O–H groups in total. The highest BCUT2D eigenvalue weighted by Gasteiger charge is 2.26. The molecule has 2 heteroatoms. The fourth-order valence-electron chi connectivity index (χ4n) is 1.57. The minimum Gasteiger partial charge on any atom is -0.293 e. The minimum atomic E-state index is 0.197. The number of benzene rings is 1. The molecule has 0 unspecified atom stereocenters. The summed E-state index contributed by atoms with van der Waals surface area (Å²) >= 11 is 3.21. The van der Waals surface area contributed by atoms with E-state index >= 15 is 0 Å². The van der Waals surface area contributed by atoms with Crippen LogP contribution in [-0.2, 0) is 0 Å². The van der Waals surface area contributed by atoms with Crippen molar-refractivity contribution in [3.8, 4) is 0 Å². The first-order chi connectivity index (χ1) is 6.33. The van der Waals surface area contributed by atoms with Gasteiger partial charge in [0.1, 0.15) is 0 Å². The third-order valence-electron chi connectivity index (χ3n) is 2.40. The fourth-order valence-corrected chi connectivity index (χ4v) is 1.88. The molecule has 0 saturated heterocycles. The van der Waals surface area contributed by atoms with Gasteiger partial charge in [-0.15, -0.1) is 0 Å². The van der Waals surface area contributed by atoms with Crippen molar-refractivity contribution in [1.29, 1.82) is 0 Å². The molecule has 1 fully saturated rings. The van der Waals surface area contributed by atoms with Crippen molar-refractivity contribution in [2.45, 2.75) is 18.8 Å². The summed E-state index contributed by atoms with van der Waals surface area (Å²) in [6.07, 6.45) is 2.49. The predicted octanol–water partition coefficient (Wildman–Crippen LogP) is 3.14. The van der Waals surface area contributed by atoms with Crippen LogP contribution < -0.4 is 0 Å². The van der Waals surface area contributed by atoms with Crippen LogP contribution in [0.5, 0.6) is 0 Å². The fraction of sp³-hybridized carbons (Fsp3) is 0.364. The molecule has 0 heterocycles. The van der Waals surface area contributed by atoms with Gasteiger partial charge >= 0.3 is 0 Å². The van der Waals surface area contributed by atoms with Crippen LogP contribution in [0.4, 0.5) is 0 Å². The molecule has 1 aromatic rings. The van der Waals surface area contributed by atoms with Crippen molar-refractivity contribution in [3.05, 3.63) is 35.4 Å². The zero-order chi connectivity index (χ0) is 9.26. The van der Waals surface area contributed by atoms with E-state index in [4.69, 9.17) is 0 Å². The van der Waals surface area contributed by atoms with Gasteiger partial charge in [0.05, 0.1) is 5.33 Å². The second-order valence-electron chi connectivity index (χ2n) is 3.42. The van der Waals surface area contributed by atoms with Gasteiger partial charge in [-0.1, -0.05) is 40.2 Å². The van der Waals surface area contributed by atoms with Gasteiger partial charge in [0.15, 0.2) is 5.78 Å². The lowest BCUT2D eigenvalue weighted by molar-refractivity contribution is 0.102. The van der Waals surface area contributed by atoms with E-state index in [2.05, 4.69) is 22.0 Å². The van der Waals surface area contributed by atoms with Crippen molar-refractivity contribution in [2.75, 3.05) is 5.33 Å². The van der Waals surface area contributed by atoms with E-state index < -0.39 is 0 Å². The standard InChI is InChI=1S/C11H11BrO/c12-7-11(13)10-4-2-1-3-9(10)8-5-6-8/h1-4,8H,5-7H2. The van der Waals surface area contributed by atoms with Gasteiger partial charge < -0.3 is 0 Å². The summed E-state index contributed by atoms with van der Waals surface area (Å²) < 4.78 is 0. The second-order valence-corrected chi connectivity index (χ2v) is 3.98. The SMILES string of the molecule is O=C(CBr)c1ccccc1C1CC1. The van der Waals surface area contributed by atoms with Gasteiger partial charge in [-0.05, 0) is 24.3 Å². The molecule has 13 heavy (non-hydrogen) atoms. The highest BCUT2D eigenvalue weighted by atomic mass is 79.9. The van der Waals surface area contributed by atoms with Crippen LogP contribution in [-0.4, -0.2) is 11.1 Å². The zero-order valence-corrected chi connectivity index (χ0v) is 8.88. The Morgan fingerprint density at radius 3 is 2.69 bits per heavy atom. The molecule has 1 aliphatic carbocycles. The first-order valence-corrected chi connectivity index (χ1v) is 5.63. The average Bonchev–Trinajstić information content (AvgIpc) is 3.00. The second kappa shape index (κ2) is 3.62. The van der Waals surface area contributed by atoms with Gasteiger partial charge in [0.2, 0.25) is 0 Å². The van der Waals surface area contributed by atoms with Crippen LogP contribution in [0.25, 0.3) is 0 Å². The summed E-state index contributed by atoms with van der Waals surface area (Å²) in [5.74, 6) is 0.849. The molecule has 1 saturated carbocycles. The number of carbonyl (C=O) groups is 1. The zero-order valence-electron chi connectivity index (χ0n) is 7.29. The van der Waals surface area contributed by atoms with Crippen LogP contribution in [0.15, 0.2) is 24.3 Å². The molecule has 1 nitrogen and oxygen atoms in total. The van der Waals surface area contributed by atoms with E-state index in [0.29, 0.717) is 11.2 Å². The monoisotopic (exact) mass is 238 g/mol. The number of halogens is 1. The molecule has 0 aliphatic heterocycles. The Morgan fingerprint density at radius 2 is 2.08 bits per heavy atom. The van der Waals surface area contributed by atoms with Crippen molar-refractivity contribution in [2.24, 2.45) is 0 Å². The molecule has 0 amide bonds. The number of rotatable bonds is 3. The summed E-state index contributed by atoms with van der Waals surface area (Å²) in [4.78, 5) is 11.5. The maximum atomic E-state index is 11.5. The Hall–Kier alpha value is -0.630. The van der Waals surface area contributed by atoms with Gasteiger partial charge in [0.25, 0.3) is 0 Å². The van der Waals surface area contributed by atoms with Crippen LogP contribution in [0.1, 0.15) is 34.7 Å². The van der Waals surface area contributed by atoms with E-state index in [1.807, 2.05) is 18.2 Å². The van der Waals surface area contributed by atoms with Crippen molar-refractivity contribution in [3.63, 3.8) is 0 Å². The molecule has 0 aromatic heterocycles. The maximum Gasteiger partial charge on any atom is 0.173 e. The molecular weight excluding hydrogens is 228 g/mol. The molecule has 0 atom stereocenters. The predicted molar refractivity (Wildman–Crippen MR) is 56.5 cm³/mol. The summed E-state index contributed by atoms with van der Waals surface area (Å²) in [5.41, 5.74) is 2.15. The lowest BCUT2D eigenvalue weighted by Crippen LogP contribution is -2.03. The Labute approximate surface area is 86.3 Å². The largest absolute Gasteiger partial charge is 0.293 e. The third kappa shape index (κ3) is 1.83. The smallest absolute Gasteiger partial charge is 0.173 e. The highest BCUT2D eigenvalue weighted by Crippen LogP contribution is 2.41. The number of hydrogen-bond donors (Lipinski definition) is 0. The molecule has 1 aromatic carbocycles. The summed E-state index contributed by atoms with van der Waals surface area (Å²) in [7, 11) is 0. The normalized spacial score (nSPS) is 15.8. The highest BCUT2D eigenvalue weighted by molar-refractivity contribution is 9.09. The quantitative estimate of drug-likeness (QED) is 0.585. The van der Waals surface area contributed by atoms with Gasteiger partial charge in [-0.25, -0.2) is 0 Å². The maximum absolute atomic E-state index is 11.5. The Bertz CT molecular complexity index is 329. The average molecular weight is 239 g/mol. The van der Waals surface area contributed by atoms with E-state index in [1.165, 1.54) is 18.4 Å². The van der Waals surface area contributed by atoms with Crippen molar-refractivity contribution < 1.29 is 4.79 Å². The molecule has 0 bridgehead atoms. The summed E-state index contributed by atoms with van der Waals surface area (Å²) in [6.45, 7) is 0. The van der Waals surface area contributed by atoms with E-state index in [1.54, 1.807) is 0 Å². The van der Waals surface area contributed by atoms with Crippen LogP contribution in [0.3, 0.4) is 0 Å². The number of carbonyl (C=O) groups excluding carboxylic acids is 1. The Balaban J connectivity index is 2.36. The summed E-state index contributed by atoms with van der Waals surface area (Å²) in [6, 6.07) is 7.95. The molecule has 0 radical (unpaired) electrons. The lowest BCUT2D eigenvalue weighted by Gasteiger charge is -2.04. The minimum absolute atomic E-state index is 0.197. The number of hydrogen-bond acceptors (Lipinski definition) is 1. The summed E-state index contributed by atoms with van der Waals surface area (Å²) in [5, 5.41) is 0.427. The van der Waals surface area contributed by atoms with Crippen molar-refractivity contribution in [1.82, 2.24) is 0 Å². The molecule has 1 aliphatic rings. The van der Waals surface area contributed by atoms with E-state index in [0.717, 1.165) is 5.56 Å². The number of Topliss-reactive ketones (excluding diaryl/α,β-unsaturated/α-hetero) is 1. The van der Waals surface area contributed by atoms with Gasteiger partial charge in [-0.3, -0.25) is 4.79 Å². The molecule has 68 valence electrons. The molecular formula is C11H11BrO. The van der Waals surface area contributed by atoms with Gasteiger partial charge in [-0.2, -0.15) is 0 Å². The first-order valence-electron chi connectivity index (χ1n) is 4.51. The van der Waals surface area contributed by atoms with Crippen LogP contribution in [0, 0.1) is 0 Å². The van der Waals surface area contributed by atoms with Crippen LogP contribution in [0.2, 0.25) is 0 Å². The van der Waals surface area contributed by atoms with E-state index in [-0.39, 0.29) is 5.78 Å². The number of ketones is 1. The first kappa shape index (κ1) is 8.95. The Morgan fingerprint density at radius 1 is 1.38 bits per heavy atom.